The normalized spacial score (nSPS) is 20.2. The maximum Gasteiger partial charge on any atom is 0.330 e. The van der Waals surface area contributed by atoms with Crippen LogP contribution in [0.15, 0.2) is 15.8 Å². The SMILES string of the molecule is Cn1cc(I)c(=O)n(CC2CCCO2)c1=O. The molecule has 0 saturated carbocycles. The molecule has 0 radical (unpaired) electrons. The van der Waals surface area contributed by atoms with Crippen molar-refractivity contribution in [2.45, 2.75) is 25.5 Å². The summed E-state index contributed by atoms with van der Waals surface area (Å²) >= 11 is 1.94. The molecule has 0 amide bonds. The van der Waals surface area contributed by atoms with Crippen molar-refractivity contribution in [2.24, 2.45) is 7.05 Å². The Bertz CT molecular complexity index is 466. The Kier molecular flexibility index (Phi) is 3.48. The molecule has 1 aliphatic heterocycles. The van der Waals surface area contributed by atoms with Gasteiger partial charge in [0.25, 0.3) is 5.56 Å². The number of halogens is 1. The lowest BCUT2D eigenvalue weighted by atomic mass is 10.2. The highest BCUT2D eigenvalue weighted by Gasteiger charge is 2.18. The third kappa shape index (κ3) is 2.22. The molecule has 1 aromatic rings. The fourth-order valence-corrected chi connectivity index (χ4v) is 2.55. The molecule has 1 aliphatic rings. The molecular weight excluding hydrogens is 323 g/mol. The summed E-state index contributed by atoms with van der Waals surface area (Å²) in [5.41, 5.74) is -0.500. The Labute approximate surface area is 106 Å². The molecule has 6 heteroatoms. The minimum absolute atomic E-state index is 0.00333. The summed E-state index contributed by atoms with van der Waals surface area (Å²) in [6.45, 7) is 1.09. The van der Waals surface area contributed by atoms with Crippen molar-refractivity contribution in [3.05, 3.63) is 30.6 Å². The standard InChI is InChI=1S/C10H13IN2O3/c1-12-6-8(11)9(14)13(10(12)15)5-7-3-2-4-16-7/h6-7H,2-5H2,1H3. The number of hydrogen-bond donors (Lipinski definition) is 0. The fourth-order valence-electron chi connectivity index (χ4n) is 1.84. The summed E-state index contributed by atoms with van der Waals surface area (Å²) in [6.07, 6.45) is 3.48. The van der Waals surface area contributed by atoms with Gasteiger partial charge in [-0.05, 0) is 35.4 Å². The van der Waals surface area contributed by atoms with Crippen molar-refractivity contribution in [1.82, 2.24) is 9.13 Å². The fraction of sp³-hybridized carbons (Fsp3) is 0.600. The number of hydrogen-bond acceptors (Lipinski definition) is 3. The van der Waals surface area contributed by atoms with E-state index in [1.165, 1.54) is 9.13 Å². The van der Waals surface area contributed by atoms with Crippen LogP contribution in [0.4, 0.5) is 0 Å². The second-order valence-corrected chi connectivity index (χ2v) is 5.08. The number of aromatic nitrogens is 2. The van der Waals surface area contributed by atoms with Gasteiger partial charge in [0, 0.05) is 19.9 Å². The molecule has 0 aliphatic carbocycles. The first-order valence-corrected chi connectivity index (χ1v) is 6.25. The van der Waals surface area contributed by atoms with Gasteiger partial charge in [0.2, 0.25) is 0 Å². The molecule has 1 saturated heterocycles. The van der Waals surface area contributed by atoms with Crippen LogP contribution in [-0.2, 0) is 18.3 Å². The molecule has 2 heterocycles. The van der Waals surface area contributed by atoms with Crippen LogP contribution in [0.3, 0.4) is 0 Å². The van der Waals surface area contributed by atoms with E-state index in [4.69, 9.17) is 4.74 Å². The molecule has 1 fully saturated rings. The largest absolute Gasteiger partial charge is 0.376 e. The molecule has 2 rings (SSSR count). The Morgan fingerprint density at radius 2 is 2.31 bits per heavy atom. The van der Waals surface area contributed by atoms with E-state index in [0.29, 0.717) is 10.1 Å². The summed E-state index contributed by atoms with van der Waals surface area (Å²) in [5.74, 6) is 0. The van der Waals surface area contributed by atoms with E-state index < -0.39 is 0 Å². The highest BCUT2D eigenvalue weighted by molar-refractivity contribution is 14.1. The van der Waals surface area contributed by atoms with Crippen LogP contribution < -0.4 is 11.2 Å². The van der Waals surface area contributed by atoms with Gasteiger partial charge in [0.1, 0.15) is 0 Å². The van der Waals surface area contributed by atoms with Crippen molar-refractivity contribution >= 4 is 22.6 Å². The van der Waals surface area contributed by atoms with Crippen LogP contribution >= 0.6 is 22.6 Å². The summed E-state index contributed by atoms with van der Waals surface area (Å²) in [6, 6.07) is 0. The van der Waals surface area contributed by atoms with Gasteiger partial charge in [-0.15, -0.1) is 0 Å². The quantitative estimate of drug-likeness (QED) is 0.732. The Morgan fingerprint density at radius 3 is 2.94 bits per heavy atom. The van der Waals surface area contributed by atoms with Gasteiger partial charge in [-0.2, -0.15) is 0 Å². The molecule has 88 valence electrons. The van der Waals surface area contributed by atoms with Gasteiger partial charge in [0.05, 0.1) is 16.2 Å². The summed E-state index contributed by atoms with van der Waals surface area (Å²) in [7, 11) is 1.65. The average molecular weight is 336 g/mol. The molecule has 5 nitrogen and oxygen atoms in total. The first-order chi connectivity index (χ1) is 7.59. The molecule has 0 spiro atoms. The Balaban J connectivity index is 2.39. The van der Waals surface area contributed by atoms with Gasteiger partial charge in [0.15, 0.2) is 0 Å². The van der Waals surface area contributed by atoms with E-state index in [1.807, 2.05) is 22.6 Å². The van der Waals surface area contributed by atoms with E-state index in [2.05, 4.69) is 0 Å². The molecular formula is C10H13IN2O3. The molecule has 1 atom stereocenters. The highest BCUT2D eigenvalue weighted by Crippen LogP contribution is 2.12. The number of aryl methyl sites for hydroxylation is 1. The van der Waals surface area contributed by atoms with Crippen LogP contribution in [0.5, 0.6) is 0 Å². The van der Waals surface area contributed by atoms with Crippen molar-refractivity contribution in [3.8, 4) is 0 Å². The number of rotatable bonds is 2. The van der Waals surface area contributed by atoms with E-state index in [-0.39, 0.29) is 17.4 Å². The lowest BCUT2D eigenvalue weighted by Crippen LogP contribution is -2.42. The van der Waals surface area contributed by atoms with Gasteiger partial charge in [-0.3, -0.25) is 9.36 Å². The lowest BCUT2D eigenvalue weighted by molar-refractivity contribution is 0.0946. The van der Waals surface area contributed by atoms with Crippen LogP contribution in [0.25, 0.3) is 0 Å². The van der Waals surface area contributed by atoms with E-state index >= 15 is 0 Å². The van der Waals surface area contributed by atoms with Crippen LogP contribution in [0.2, 0.25) is 0 Å². The molecule has 0 N–H and O–H groups in total. The Hall–Kier alpha value is -0.630. The Morgan fingerprint density at radius 1 is 1.56 bits per heavy atom. The molecule has 1 unspecified atom stereocenters. The van der Waals surface area contributed by atoms with Crippen molar-refractivity contribution in [3.63, 3.8) is 0 Å². The maximum absolute atomic E-state index is 11.8. The second kappa shape index (κ2) is 4.70. The molecule has 0 bridgehead atoms. The minimum Gasteiger partial charge on any atom is -0.376 e. The van der Waals surface area contributed by atoms with Crippen molar-refractivity contribution in [1.29, 1.82) is 0 Å². The minimum atomic E-state index is -0.277. The van der Waals surface area contributed by atoms with Crippen LogP contribution in [0.1, 0.15) is 12.8 Å². The molecule has 16 heavy (non-hydrogen) atoms. The van der Waals surface area contributed by atoms with Gasteiger partial charge in [-0.1, -0.05) is 0 Å². The molecule has 0 aromatic carbocycles. The third-order valence-corrected chi connectivity index (χ3v) is 3.44. The second-order valence-electron chi connectivity index (χ2n) is 3.92. The number of nitrogens with zero attached hydrogens (tertiary/aromatic N) is 2. The highest BCUT2D eigenvalue weighted by atomic mass is 127. The van der Waals surface area contributed by atoms with Crippen molar-refractivity contribution < 1.29 is 4.74 Å². The van der Waals surface area contributed by atoms with E-state index in [9.17, 15) is 9.59 Å². The van der Waals surface area contributed by atoms with E-state index in [1.54, 1.807) is 13.2 Å². The third-order valence-electron chi connectivity index (χ3n) is 2.70. The zero-order chi connectivity index (χ0) is 11.7. The van der Waals surface area contributed by atoms with E-state index in [0.717, 1.165) is 19.4 Å². The number of ether oxygens (including phenoxy) is 1. The smallest absolute Gasteiger partial charge is 0.330 e. The van der Waals surface area contributed by atoms with Crippen LogP contribution in [-0.4, -0.2) is 21.8 Å². The van der Waals surface area contributed by atoms with Crippen molar-refractivity contribution in [2.75, 3.05) is 6.61 Å². The van der Waals surface area contributed by atoms with Gasteiger partial charge in [-0.25, -0.2) is 4.79 Å². The summed E-state index contributed by atoms with van der Waals surface area (Å²) < 4.78 is 8.68. The topological polar surface area (TPSA) is 53.2 Å². The average Bonchev–Trinajstić information content (AvgIpc) is 2.74. The zero-order valence-corrected chi connectivity index (χ0v) is 11.1. The first-order valence-electron chi connectivity index (χ1n) is 5.17. The lowest BCUT2D eigenvalue weighted by Gasteiger charge is -2.12. The monoisotopic (exact) mass is 336 g/mol. The van der Waals surface area contributed by atoms with Gasteiger partial charge >= 0.3 is 5.69 Å². The summed E-state index contributed by atoms with van der Waals surface area (Å²) in [4.78, 5) is 23.6. The predicted molar refractivity (Wildman–Crippen MR) is 67.6 cm³/mol. The first kappa shape index (κ1) is 11.8. The predicted octanol–water partition coefficient (Wildman–Crippen LogP) is 0.331. The van der Waals surface area contributed by atoms with Gasteiger partial charge < -0.3 is 9.30 Å². The zero-order valence-electron chi connectivity index (χ0n) is 8.98. The maximum atomic E-state index is 11.8. The van der Waals surface area contributed by atoms with Crippen LogP contribution in [0, 0.1) is 3.57 Å². The summed E-state index contributed by atoms with van der Waals surface area (Å²) in [5, 5.41) is 0. The molecule has 1 aromatic heterocycles.